The lowest BCUT2D eigenvalue weighted by Gasteiger charge is -2.15. The van der Waals surface area contributed by atoms with Gasteiger partial charge in [-0.1, -0.05) is 6.07 Å². The number of halogens is 3. The monoisotopic (exact) mass is 419 g/mol. The number of anilines is 2. The molecule has 30 heavy (non-hydrogen) atoms. The summed E-state index contributed by atoms with van der Waals surface area (Å²) < 4.78 is 46.9. The topological polar surface area (TPSA) is 93.3 Å². The molecule has 3 rings (SSSR count). The van der Waals surface area contributed by atoms with Crippen molar-refractivity contribution in [1.29, 1.82) is 0 Å². The third kappa shape index (κ3) is 4.96. The predicted molar refractivity (Wildman–Crippen MR) is 102 cm³/mol. The number of hydrogen-bond donors (Lipinski definition) is 2. The number of aromatic nitrogens is 1. The summed E-state index contributed by atoms with van der Waals surface area (Å²) in [4.78, 5) is 35.2. The quantitative estimate of drug-likeness (QED) is 0.659. The van der Waals surface area contributed by atoms with Gasteiger partial charge in [0.15, 0.2) is 5.76 Å². The molecule has 0 radical (unpaired) electrons. The van der Waals surface area contributed by atoms with Crippen molar-refractivity contribution in [3.63, 3.8) is 0 Å². The van der Waals surface area contributed by atoms with Crippen molar-refractivity contribution in [2.45, 2.75) is 19.6 Å². The lowest BCUT2D eigenvalue weighted by molar-refractivity contribution is -0.137. The van der Waals surface area contributed by atoms with Crippen LogP contribution in [0.1, 0.15) is 28.8 Å². The molecule has 0 aliphatic carbocycles. The first-order valence-corrected chi connectivity index (χ1v) is 8.68. The smallest absolute Gasteiger partial charge is 0.418 e. The van der Waals surface area contributed by atoms with Crippen LogP contribution in [0.4, 0.5) is 24.5 Å². The number of carbonyl (C=O) groups is 2. The van der Waals surface area contributed by atoms with Crippen molar-refractivity contribution in [1.82, 2.24) is 4.57 Å². The van der Waals surface area contributed by atoms with E-state index < -0.39 is 29.2 Å². The highest BCUT2D eigenvalue weighted by Crippen LogP contribution is 2.36. The summed E-state index contributed by atoms with van der Waals surface area (Å²) in [6, 6.07) is 10.4. The zero-order valence-corrected chi connectivity index (χ0v) is 15.6. The van der Waals surface area contributed by atoms with E-state index in [0.29, 0.717) is 0 Å². The van der Waals surface area contributed by atoms with Crippen LogP contribution >= 0.6 is 0 Å². The fourth-order valence-electron chi connectivity index (χ4n) is 2.70. The zero-order chi connectivity index (χ0) is 21.9. The van der Waals surface area contributed by atoms with Crippen LogP contribution in [0.3, 0.4) is 0 Å². The summed E-state index contributed by atoms with van der Waals surface area (Å²) in [6.07, 6.45) is -3.23. The van der Waals surface area contributed by atoms with Gasteiger partial charge in [-0.2, -0.15) is 13.2 Å². The SMILES string of the molecule is CC(=O)Nc1ccc(NC(=O)c2ccc(Cn3ccccc3=O)o2)c(C(F)(F)F)c1. The highest BCUT2D eigenvalue weighted by Gasteiger charge is 2.34. The van der Waals surface area contributed by atoms with Gasteiger partial charge >= 0.3 is 6.18 Å². The molecule has 2 N–H and O–H groups in total. The van der Waals surface area contributed by atoms with Gasteiger partial charge in [0.25, 0.3) is 11.5 Å². The number of hydrogen-bond acceptors (Lipinski definition) is 4. The highest BCUT2D eigenvalue weighted by atomic mass is 19.4. The van der Waals surface area contributed by atoms with Gasteiger partial charge in [-0.25, -0.2) is 0 Å². The first-order chi connectivity index (χ1) is 14.1. The number of rotatable bonds is 5. The number of nitrogens with zero attached hydrogens (tertiary/aromatic N) is 1. The fraction of sp³-hybridized carbons (Fsp3) is 0.150. The normalized spacial score (nSPS) is 11.2. The zero-order valence-electron chi connectivity index (χ0n) is 15.6. The van der Waals surface area contributed by atoms with Crippen LogP contribution in [0.2, 0.25) is 0 Å². The Morgan fingerprint density at radius 3 is 2.50 bits per heavy atom. The number of nitrogens with one attached hydrogen (secondary N) is 2. The molecule has 2 amide bonds. The van der Waals surface area contributed by atoms with Crippen molar-refractivity contribution in [3.8, 4) is 0 Å². The second-order valence-corrected chi connectivity index (χ2v) is 6.33. The molecule has 2 aromatic heterocycles. The summed E-state index contributed by atoms with van der Waals surface area (Å²) in [7, 11) is 0. The van der Waals surface area contributed by atoms with Crippen LogP contribution in [-0.2, 0) is 17.5 Å². The van der Waals surface area contributed by atoms with E-state index in [2.05, 4.69) is 10.6 Å². The van der Waals surface area contributed by atoms with Crippen molar-refractivity contribution in [3.05, 3.63) is 82.2 Å². The minimum atomic E-state index is -4.76. The number of benzene rings is 1. The third-order valence-corrected chi connectivity index (χ3v) is 4.00. The molecule has 0 unspecified atom stereocenters. The van der Waals surface area contributed by atoms with Gasteiger partial charge < -0.3 is 19.6 Å². The Hall–Kier alpha value is -3.82. The fourth-order valence-corrected chi connectivity index (χ4v) is 2.70. The van der Waals surface area contributed by atoms with E-state index in [1.165, 1.54) is 42.0 Å². The molecule has 7 nitrogen and oxygen atoms in total. The summed E-state index contributed by atoms with van der Waals surface area (Å²) in [5.74, 6) is -1.35. The summed E-state index contributed by atoms with van der Waals surface area (Å²) in [5.41, 5.74) is -1.93. The van der Waals surface area contributed by atoms with Gasteiger partial charge in [-0.15, -0.1) is 0 Å². The Morgan fingerprint density at radius 2 is 1.83 bits per heavy atom. The van der Waals surface area contributed by atoms with Gasteiger partial charge in [0.05, 0.1) is 17.8 Å². The molecule has 1 aromatic carbocycles. The Labute approximate surface area is 168 Å². The maximum absolute atomic E-state index is 13.4. The van der Waals surface area contributed by atoms with Crippen molar-refractivity contribution >= 4 is 23.2 Å². The van der Waals surface area contributed by atoms with Crippen LogP contribution < -0.4 is 16.2 Å². The summed E-state index contributed by atoms with van der Waals surface area (Å²) in [6.45, 7) is 1.23. The lowest BCUT2D eigenvalue weighted by atomic mass is 10.1. The molecule has 0 bridgehead atoms. The van der Waals surface area contributed by atoms with E-state index >= 15 is 0 Å². The lowest BCUT2D eigenvalue weighted by Crippen LogP contribution is -2.18. The number of pyridine rings is 1. The highest BCUT2D eigenvalue weighted by molar-refractivity contribution is 6.03. The van der Waals surface area contributed by atoms with E-state index in [0.717, 1.165) is 12.1 Å². The van der Waals surface area contributed by atoms with Crippen molar-refractivity contribution in [2.24, 2.45) is 0 Å². The van der Waals surface area contributed by atoms with Gasteiger partial charge in [0.2, 0.25) is 5.91 Å². The van der Waals surface area contributed by atoms with Gasteiger partial charge in [0.1, 0.15) is 5.76 Å². The molecule has 10 heteroatoms. The molecule has 156 valence electrons. The second kappa shape index (κ2) is 8.27. The molecular weight excluding hydrogens is 403 g/mol. The number of furan rings is 1. The van der Waals surface area contributed by atoms with Crippen LogP contribution in [0, 0.1) is 0 Å². The molecule has 2 heterocycles. The van der Waals surface area contributed by atoms with E-state index in [4.69, 9.17) is 4.42 Å². The molecule has 0 saturated carbocycles. The summed E-state index contributed by atoms with van der Waals surface area (Å²) in [5, 5.41) is 4.43. The Bertz CT molecular complexity index is 1150. The molecule has 0 aliphatic heterocycles. The summed E-state index contributed by atoms with van der Waals surface area (Å²) >= 11 is 0. The maximum Gasteiger partial charge on any atom is 0.418 e. The van der Waals surface area contributed by atoms with Crippen molar-refractivity contribution < 1.29 is 27.2 Å². The average molecular weight is 419 g/mol. The first kappa shape index (κ1) is 20.9. The standard InChI is InChI=1S/C20H16F3N3O4/c1-12(27)24-13-5-7-16(15(10-13)20(21,22)23)25-19(29)17-8-6-14(30-17)11-26-9-3-2-4-18(26)28/h2-10H,11H2,1H3,(H,24,27)(H,25,29). The van der Waals surface area contributed by atoms with Crippen LogP contribution in [0.25, 0.3) is 0 Å². The van der Waals surface area contributed by atoms with E-state index in [9.17, 15) is 27.6 Å². The van der Waals surface area contributed by atoms with Gasteiger partial charge in [-0.3, -0.25) is 14.4 Å². The predicted octanol–water partition coefficient (Wildman–Crippen LogP) is 3.72. The van der Waals surface area contributed by atoms with E-state index in [1.807, 2.05) is 0 Å². The average Bonchev–Trinajstić information content (AvgIpc) is 3.12. The molecule has 0 atom stereocenters. The van der Waals surface area contributed by atoms with E-state index in [1.54, 1.807) is 12.1 Å². The van der Waals surface area contributed by atoms with Crippen LogP contribution in [0.5, 0.6) is 0 Å². The van der Waals surface area contributed by atoms with Gasteiger partial charge in [0, 0.05) is 24.9 Å². The number of alkyl halides is 3. The van der Waals surface area contributed by atoms with Crippen LogP contribution in [-0.4, -0.2) is 16.4 Å². The van der Waals surface area contributed by atoms with E-state index in [-0.39, 0.29) is 29.3 Å². The maximum atomic E-state index is 13.4. The van der Waals surface area contributed by atoms with Crippen LogP contribution in [0.15, 0.2) is 63.9 Å². The molecule has 0 fully saturated rings. The first-order valence-electron chi connectivity index (χ1n) is 8.68. The third-order valence-electron chi connectivity index (χ3n) is 4.00. The second-order valence-electron chi connectivity index (χ2n) is 6.33. The minimum Gasteiger partial charge on any atom is -0.454 e. The molecule has 0 saturated heterocycles. The minimum absolute atomic E-state index is 0.0542. The molecule has 0 spiro atoms. The molecular formula is C20H16F3N3O4. The van der Waals surface area contributed by atoms with Gasteiger partial charge in [-0.05, 0) is 36.4 Å². The largest absolute Gasteiger partial charge is 0.454 e. The molecule has 0 aliphatic rings. The number of amides is 2. The Balaban J connectivity index is 1.81. The Kier molecular flexibility index (Phi) is 5.77. The van der Waals surface area contributed by atoms with Crippen molar-refractivity contribution in [2.75, 3.05) is 10.6 Å². The molecule has 3 aromatic rings. The Morgan fingerprint density at radius 1 is 1.07 bits per heavy atom. The number of carbonyl (C=O) groups excluding carboxylic acids is 2.